The van der Waals surface area contributed by atoms with Crippen LogP contribution in [-0.2, 0) is 17.8 Å². The topological polar surface area (TPSA) is 65.6 Å². The minimum atomic E-state index is -0.129. The molecule has 1 aliphatic carbocycles. The number of H-pyrrole nitrogens is 1. The number of para-hydroxylation sites is 1. The molecule has 3 aromatic carbocycles. The highest BCUT2D eigenvalue weighted by atomic mass is 35.5. The van der Waals surface area contributed by atoms with Crippen molar-refractivity contribution in [3.05, 3.63) is 101 Å². The number of carbonyl (C=O) groups is 2. The zero-order chi connectivity index (χ0) is 26.5. The van der Waals surface area contributed by atoms with Crippen LogP contribution in [0.4, 0.5) is 0 Å². The molecule has 196 valence electrons. The van der Waals surface area contributed by atoms with E-state index in [-0.39, 0.29) is 24.4 Å². The van der Waals surface area contributed by atoms with E-state index in [9.17, 15) is 9.59 Å². The van der Waals surface area contributed by atoms with E-state index in [0.717, 1.165) is 29.7 Å². The predicted octanol–water partition coefficient (Wildman–Crippen LogP) is 6.10. The molecular formula is C31H32ClN3O3. The molecule has 0 bridgehead atoms. The number of aromatic nitrogens is 1. The van der Waals surface area contributed by atoms with Gasteiger partial charge < -0.3 is 19.5 Å². The van der Waals surface area contributed by atoms with Gasteiger partial charge in [-0.3, -0.25) is 9.59 Å². The average molecular weight is 530 g/mol. The summed E-state index contributed by atoms with van der Waals surface area (Å²) in [5.74, 6) is 0.615. The third-order valence-corrected chi connectivity index (χ3v) is 7.18. The number of halogens is 1. The van der Waals surface area contributed by atoms with E-state index in [1.54, 1.807) is 29.2 Å². The number of aromatic amines is 1. The van der Waals surface area contributed by atoms with Crippen LogP contribution in [0.25, 0.3) is 10.9 Å². The highest BCUT2D eigenvalue weighted by Crippen LogP contribution is 2.29. The summed E-state index contributed by atoms with van der Waals surface area (Å²) in [5.41, 5.74) is 3.82. The van der Waals surface area contributed by atoms with Gasteiger partial charge in [-0.25, -0.2) is 0 Å². The van der Waals surface area contributed by atoms with Crippen molar-refractivity contribution in [3.8, 4) is 5.75 Å². The Hall–Kier alpha value is -3.77. The molecule has 0 atom stereocenters. The molecule has 1 N–H and O–H groups in total. The fourth-order valence-corrected chi connectivity index (χ4v) is 4.85. The van der Waals surface area contributed by atoms with Gasteiger partial charge in [-0.05, 0) is 79.8 Å². The second kappa shape index (κ2) is 11.7. The van der Waals surface area contributed by atoms with Gasteiger partial charge in [-0.2, -0.15) is 0 Å². The van der Waals surface area contributed by atoms with Gasteiger partial charge in [0.2, 0.25) is 5.91 Å². The SMILES string of the molecule is CCOc1ccc(CN(CCc2c[nH]c3ccccc23)C(=O)CN(C(=O)c2ccc(Cl)cc2)C2CC2)cc1. The summed E-state index contributed by atoms with van der Waals surface area (Å²) in [4.78, 5) is 34.0. The first-order chi connectivity index (χ1) is 18.5. The molecule has 0 saturated heterocycles. The first-order valence-electron chi connectivity index (χ1n) is 13.1. The second-order valence-electron chi connectivity index (χ2n) is 9.67. The number of carbonyl (C=O) groups excluding carboxylic acids is 2. The van der Waals surface area contributed by atoms with Gasteiger partial charge in [0.25, 0.3) is 5.91 Å². The maximum absolute atomic E-state index is 13.8. The van der Waals surface area contributed by atoms with Crippen molar-refractivity contribution in [2.45, 2.75) is 38.8 Å². The average Bonchev–Trinajstić information content (AvgIpc) is 3.70. The Morgan fingerprint density at radius 1 is 1.00 bits per heavy atom. The van der Waals surface area contributed by atoms with E-state index in [1.165, 1.54) is 10.9 Å². The lowest BCUT2D eigenvalue weighted by Crippen LogP contribution is -2.44. The number of nitrogens with one attached hydrogen (secondary N) is 1. The highest BCUT2D eigenvalue weighted by molar-refractivity contribution is 6.30. The number of benzene rings is 3. The lowest BCUT2D eigenvalue weighted by atomic mass is 10.1. The quantitative estimate of drug-likeness (QED) is 0.255. The van der Waals surface area contributed by atoms with Crippen molar-refractivity contribution >= 4 is 34.3 Å². The van der Waals surface area contributed by atoms with E-state index in [2.05, 4.69) is 17.1 Å². The molecule has 38 heavy (non-hydrogen) atoms. The van der Waals surface area contributed by atoms with E-state index < -0.39 is 0 Å². The standard InChI is InChI=1S/C31H32ClN3O3/c1-2-38-27-15-7-22(8-16-27)20-34(18-17-24-19-33-29-6-4-3-5-28(24)29)30(36)21-35(26-13-14-26)31(37)23-9-11-25(32)12-10-23/h3-12,15-16,19,26,33H,2,13-14,17-18,20-21H2,1H3. The van der Waals surface area contributed by atoms with Crippen molar-refractivity contribution in [1.29, 1.82) is 0 Å². The first-order valence-corrected chi connectivity index (χ1v) is 13.5. The Morgan fingerprint density at radius 3 is 2.45 bits per heavy atom. The molecule has 0 spiro atoms. The van der Waals surface area contributed by atoms with E-state index in [1.807, 2.05) is 54.4 Å². The number of hydrogen-bond donors (Lipinski definition) is 1. The summed E-state index contributed by atoms with van der Waals surface area (Å²) in [6, 6.07) is 23.0. The van der Waals surface area contributed by atoms with E-state index in [4.69, 9.17) is 16.3 Å². The summed E-state index contributed by atoms with van der Waals surface area (Å²) in [6.07, 6.45) is 4.56. The molecule has 1 fully saturated rings. The number of fused-ring (bicyclic) bond motifs is 1. The molecule has 5 rings (SSSR count). The normalized spacial score (nSPS) is 12.9. The fourth-order valence-electron chi connectivity index (χ4n) is 4.72. The molecule has 2 amide bonds. The van der Waals surface area contributed by atoms with Crippen LogP contribution in [-0.4, -0.2) is 52.3 Å². The van der Waals surface area contributed by atoms with Crippen LogP contribution in [0.15, 0.2) is 79.0 Å². The third kappa shape index (κ3) is 6.20. The minimum Gasteiger partial charge on any atom is -0.494 e. The largest absolute Gasteiger partial charge is 0.494 e. The summed E-state index contributed by atoms with van der Waals surface area (Å²) in [6.45, 7) is 3.61. The number of ether oxygens (including phenoxy) is 1. The van der Waals surface area contributed by atoms with E-state index >= 15 is 0 Å². The molecule has 1 heterocycles. The molecule has 0 aliphatic heterocycles. The van der Waals surface area contributed by atoms with Crippen LogP contribution in [0.3, 0.4) is 0 Å². The summed E-state index contributed by atoms with van der Waals surface area (Å²) < 4.78 is 5.58. The van der Waals surface area contributed by atoms with Crippen molar-refractivity contribution in [1.82, 2.24) is 14.8 Å². The summed E-state index contributed by atoms with van der Waals surface area (Å²) >= 11 is 6.02. The minimum absolute atomic E-state index is 0.0526. The van der Waals surface area contributed by atoms with Crippen molar-refractivity contribution in [2.24, 2.45) is 0 Å². The molecule has 0 radical (unpaired) electrons. The van der Waals surface area contributed by atoms with Gasteiger partial charge in [-0.1, -0.05) is 41.9 Å². The zero-order valence-electron chi connectivity index (χ0n) is 21.5. The number of nitrogens with zero attached hydrogens (tertiary/aromatic N) is 2. The molecule has 0 unspecified atom stereocenters. The molecule has 6 nitrogen and oxygen atoms in total. The molecule has 1 aromatic heterocycles. The Morgan fingerprint density at radius 2 is 1.74 bits per heavy atom. The lowest BCUT2D eigenvalue weighted by Gasteiger charge is -2.28. The van der Waals surface area contributed by atoms with Gasteiger partial charge in [0.05, 0.1) is 6.61 Å². The van der Waals surface area contributed by atoms with Crippen molar-refractivity contribution in [2.75, 3.05) is 19.7 Å². The lowest BCUT2D eigenvalue weighted by molar-refractivity contribution is -0.132. The van der Waals surface area contributed by atoms with Crippen LogP contribution in [0.1, 0.15) is 41.3 Å². The van der Waals surface area contributed by atoms with Crippen molar-refractivity contribution in [3.63, 3.8) is 0 Å². The monoisotopic (exact) mass is 529 g/mol. The van der Waals surface area contributed by atoms with Gasteiger partial charge in [0.1, 0.15) is 12.3 Å². The van der Waals surface area contributed by atoms with E-state index in [0.29, 0.717) is 36.7 Å². The fraction of sp³-hybridized carbons (Fsp3) is 0.290. The summed E-state index contributed by atoms with van der Waals surface area (Å²) in [5, 5.41) is 1.74. The molecule has 7 heteroatoms. The predicted molar refractivity (Wildman–Crippen MR) is 151 cm³/mol. The number of rotatable bonds is 11. The van der Waals surface area contributed by atoms with Crippen LogP contribution in [0.2, 0.25) is 5.02 Å². The van der Waals surface area contributed by atoms with Gasteiger partial charge in [0.15, 0.2) is 0 Å². The molecule has 1 aliphatic rings. The van der Waals surface area contributed by atoms with Crippen LogP contribution >= 0.6 is 11.6 Å². The van der Waals surface area contributed by atoms with Crippen LogP contribution in [0.5, 0.6) is 5.75 Å². The Labute approximate surface area is 228 Å². The molecular weight excluding hydrogens is 498 g/mol. The Bertz CT molecular complexity index is 1390. The van der Waals surface area contributed by atoms with Gasteiger partial charge in [-0.15, -0.1) is 0 Å². The third-order valence-electron chi connectivity index (χ3n) is 6.93. The Balaban J connectivity index is 1.34. The van der Waals surface area contributed by atoms with Crippen LogP contribution in [0, 0.1) is 0 Å². The van der Waals surface area contributed by atoms with Gasteiger partial charge >= 0.3 is 0 Å². The van der Waals surface area contributed by atoms with Gasteiger partial charge in [0, 0.05) is 46.8 Å². The molecule has 4 aromatic rings. The number of amides is 2. The van der Waals surface area contributed by atoms with Crippen LogP contribution < -0.4 is 4.74 Å². The number of hydrogen-bond acceptors (Lipinski definition) is 3. The maximum atomic E-state index is 13.8. The first kappa shape index (κ1) is 25.9. The zero-order valence-corrected chi connectivity index (χ0v) is 22.3. The highest BCUT2D eigenvalue weighted by Gasteiger charge is 2.35. The smallest absolute Gasteiger partial charge is 0.254 e. The Kier molecular flexibility index (Phi) is 7.99. The molecule has 1 saturated carbocycles. The maximum Gasteiger partial charge on any atom is 0.254 e. The van der Waals surface area contributed by atoms with Crippen molar-refractivity contribution < 1.29 is 14.3 Å². The summed E-state index contributed by atoms with van der Waals surface area (Å²) in [7, 11) is 0. The second-order valence-corrected chi connectivity index (χ2v) is 10.1.